The molecule has 0 unspecified atom stereocenters. The first-order valence-corrected chi connectivity index (χ1v) is 15.2. The first-order valence-electron chi connectivity index (χ1n) is 14.0. The number of thiazole rings is 1. The molecule has 2 N–H and O–H groups in total. The van der Waals surface area contributed by atoms with Crippen LogP contribution in [0.2, 0.25) is 5.02 Å². The molecule has 0 radical (unpaired) electrons. The number of ether oxygens (including phenoxy) is 1. The average molecular weight is 581 g/mol. The zero-order valence-electron chi connectivity index (χ0n) is 22.9. The summed E-state index contributed by atoms with van der Waals surface area (Å²) in [6, 6.07) is 10.7. The molecule has 3 saturated carbocycles. The fourth-order valence-electron chi connectivity index (χ4n) is 6.37. The Hall–Kier alpha value is -2.78. The summed E-state index contributed by atoms with van der Waals surface area (Å²) in [6.45, 7) is 6.46. The van der Waals surface area contributed by atoms with Crippen molar-refractivity contribution in [3.05, 3.63) is 68.9 Å². The maximum atomic E-state index is 11.3. The maximum Gasteiger partial charge on any atom is 0.335 e. The SMILES string of the molecule is CC.Cc1cccc(Cl)c1-c1noc(C2CC2)c1COC1CC2(C1)CC(O)(c1nc3ccc(C(=O)O)cc3s1)C2. The summed E-state index contributed by atoms with van der Waals surface area (Å²) in [7, 11) is 0. The van der Waals surface area contributed by atoms with Crippen LogP contribution in [0.15, 0.2) is 40.9 Å². The quantitative estimate of drug-likeness (QED) is 0.229. The number of carboxylic acids is 1. The highest BCUT2D eigenvalue weighted by atomic mass is 35.5. The van der Waals surface area contributed by atoms with E-state index in [1.165, 1.54) is 11.3 Å². The summed E-state index contributed by atoms with van der Waals surface area (Å²) < 4.78 is 13.0. The third kappa shape index (κ3) is 4.75. The molecule has 3 fully saturated rings. The second-order valence-corrected chi connectivity index (χ2v) is 12.8. The number of fused-ring (bicyclic) bond motifs is 1. The molecule has 3 aliphatic rings. The molecule has 210 valence electrons. The molecule has 0 aliphatic heterocycles. The zero-order valence-corrected chi connectivity index (χ0v) is 24.4. The fraction of sp³-hybridized carbons (Fsp3) is 0.452. The summed E-state index contributed by atoms with van der Waals surface area (Å²) in [5.41, 5.74) is 3.82. The van der Waals surface area contributed by atoms with Crippen molar-refractivity contribution < 1.29 is 24.3 Å². The van der Waals surface area contributed by atoms with Gasteiger partial charge in [-0.3, -0.25) is 0 Å². The highest BCUT2D eigenvalue weighted by Crippen LogP contribution is 2.65. The van der Waals surface area contributed by atoms with Crippen molar-refractivity contribution in [1.29, 1.82) is 0 Å². The van der Waals surface area contributed by atoms with Gasteiger partial charge in [-0.15, -0.1) is 11.3 Å². The van der Waals surface area contributed by atoms with Crippen LogP contribution in [0, 0.1) is 12.3 Å². The molecule has 7 nitrogen and oxygen atoms in total. The summed E-state index contributed by atoms with van der Waals surface area (Å²) in [6.07, 6.45) is 5.43. The lowest BCUT2D eigenvalue weighted by atomic mass is 9.49. The van der Waals surface area contributed by atoms with Crippen molar-refractivity contribution in [3.8, 4) is 11.3 Å². The molecule has 0 amide bonds. The van der Waals surface area contributed by atoms with Gasteiger partial charge in [0.15, 0.2) is 0 Å². The number of nitrogens with zero attached hydrogens (tertiary/aromatic N) is 2. The Morgan fingerprint density at radius 1 is 1.20 bits per heavy atom. The third-order valence-electron chi connectivity index (χ3n) is 8.38. The van der Waals surface area contributed by atoms with Crippen LogP contribution >= 0.6 is 22.9 Å². The van der Waals surface area contributed by atoms with Gasteiger partial charge >= 0.3 is 5.97 Å². The molecule has 2 heterocycles. The van der Waals surface area contributed by atoms with Crippen LogP contribution in [0.1, 0.15) is 90.5 Å². The van der Waals surface area contributed by atoms with Crippen LogP contribution in [0.4, 0.5) is 0 Å². The number of benzene rings is 2. The Morgan fingerprint density at radius 3 is 2.62 bits per heavy atom. The second kappa shape index (κ2) is 10.2. The number of aromatic carboxylic acids is 1. The van der Waals surface area contributed by atoms with E-state index < -0.39 is 11.6 Å². The summed E-state index contributed by atoms with van der Waals surface area (Å²) in [4.78, 5) is 15.9. The van der Waals surface area contributed by atoms with E-state index in [4.69, 9.17) is 20.9 Å². The summed E-state index contributed by atoms with van der Waals surface area (Å²) in [5, 5.41) is 26.3. The van der Waals surface area contributed by atoms with Crippen molar-refractivity contribution in [1.82, 2.24) is 10.1 Å². The molecule has 0 saturated heterocycles. The summed E-state index contributed by atoms with van der Waals surface area (Å²) >= 11 is 7.94. The number of halogens is 1. The van der Waals surface area contributed by atoms with Gasteiger partial charge in [-0.2, -0.15) is 0 Å². The van der Waals surface area contributed by atoms with Crippen molar-refractivity contribution in [2.45, 2.75) is 83.5 Å². The van der Waals surface area contributed by atoms with E-state index in [0.717, 1.165) is 64.0 Å². The minimum Gasteiger partial charge on any atom is -0.478 e. The van der Waals surface area contributed by atoms with Gasteiger partial charge in [0.1, 0.15) is 22.1 Å². The minimum absolute atomic E-state index is 0.0691. The van der Waals surface area contributed by atoms with Gasteiger partial charge in [0, 0.05) is 17.0 Å². The second-order valence-electron chi connectivity index (χ2n) is 11.3. The predicted molar refractivity (Wildman–Crippen MR) is 155 cm³/mol. The Labute approximate surface area is 242 Å². The third-order valence-corrected chi connectivity index (χ3v) is 9.91. The van der Waals surface area contributed by atoms with E-state index >= 15 is 0 Å². The minimum atomic E-state index is -0.965. The van der Waals surface area contributed by atoms with Crippen LogP contribution < -0.4 is 0 Å². The smallest absolute Gasteiger partial charge is 0.335 e. The van der Waals surface area contributed by atoms with Crippen LogP contribution in [-0.4, -0.2) is 32.4 Å². The zero-order chi connectivity index (χ0) is 28.2. The largest absolute Gasteiger partial charge is 0.478 e. The van der Waals surface area contributed by atoms with E-state index in [9.17, 15) is 15.0 Å². The Kier molecular flexibility index (Phi) is 7.02. The van der Waals surface area contributed by atoms with Gasteiger partial charge in [0.2, 0.25) is 0 Å². The highest BCUT2D eigenvalue weighted by Gasteiger charge is 2.61. The van der Waals surface area contributed by atoms with Crippen LogP contribution in [-0.2, 0) is 16.9 Å². The predicted octanol–water partition coefficient (Wildman–Crippen LogP) is 7.86. The first kappa shape index (κ1) is 27.4. The maximum absolute atomic E-state index is 11.3. The Morgan fingerprint density at radius 2 is 1.95 bits per heavy atom. The van der Waals surface area contributed by atoms with Gasteiger partial charge in [-0.25, -0.2) is 9.78 Å². The van der Waals surface area contributed by atoms with Gasteiger partial charge in [0.05, 0.1) is 33.5 Å². The molecule has 4 aromatic rings. The molecular formula is C31H33ClN2O5S. The molecule has 2 aromatic carbocycles. The number of aromatic nitrogens is 2. The molecule has 7 rings (SSSR count). The number of aliphatic hydroxyl groups is 1. The van der Waals surface area contributed by atoms with E-state index in [1.807, 2.05) is 39.0 Å². The average Bonchev–Trinajstić information content (AvgIpc) is 3.51. The monoisotopic (exact) mass is 580 g/mol. The van der Waals surface area contributed by atoms with Gasteiger partial charge in [0.25, 0.3) is 0 Å². The van der Waals surface area contributed by atoms with Gasteiger partial charge in [-0.05, 0) is 80.7 Å². The molecule has 40 heavy (non-hydrogen) atoms. The molecule has 9 heteroatoms. The number of carbonyl (C=O) groups is 1. The lowest BCUT2D eigenvalue weighted by molar-refractivity contribution is -0.215. The molecule has 1 spiro atoms. The van der Waals surface area contributed by atoms with E-state index in [1.54, 1.807) is 18.2 Å². The molecule has 2 aromatic heterocycles. The van der Waals surface area contributed by atoms with Crippen molar-refractivity contribution in [2.75, 3.05) is 0 Å². The standard InChI is InChI=1S/C29H27ClN2O5S.C2H6/c1-15-3-2-4-20(30)23(15)24-19(25(37-32-24)16-5-6-16)12-36-18-10-28(11-18)13-29(35,14-28)27-31-21-8-7-17(26(33)34)9-22(21)38-27;1-2/h2-4,7-9,16,18,35H,5-6,10-14H2,1H3,(H,33,34);1-2H3. The lowest BCUT2D eigenvalue weighted by Crippen LogP contribution is -2.58. The highest BCUT2D eigenvalue weighted by molar-refractivity contribution is 7.18. The number of rotatable bonds is 7. The van der Waals surface area contributed by atoms with Gasteiger partial charge < -0.3 is 19.5 Å². The van der Waals surface area contributed by atoms with Crippen LogP contribution in [0.3, 0.4) is 0 Å². The van der Waals surface area contributed by atoms with Gasteiger partial charge in [-0.1, -0.05) is 42.7 Å². The number of carboxylic acid groups (broad SMARTS) is 1. The number of aryl methyl sites for hydroxylation is 1. The Balaban J connectivity index is 0.00000142. The normalized spacial score (nSPS) is 25.3. The van der Waals surface area contributed by atoms with Crippen molar-refractivity contribution >= 4 is 39.1 Å². The van der Waals surface area contributed by atoms with Crippen LogP contribution in [0.5, 0.6) is 0 Å². The van der Waals surface area contributed by atoms with Crippen molar-refractivity contribution in [3.63, 3.8) is 0 Å². The van der Waals surface area contributed by atoms with E-state index in [2.05, 4.69) is 10.1 Å². The van der Waals surface area contributed by atoms with E-state index in [-0.39, 0.29) is 17.1 Å². The Bertz CT molecular complexity index is 1560. The number of hydrogen-bond donors (Lipinski definition) is 2. The molecule has 0 bridgehead atoms. The fourth-order valence-corrected chi connectivity index (χ4v) is 7.77. The van der Waals surface area contributed by atoms with E-state index in [0.29, 0.717) is 35.4 Å². The van der Waals surface area contributed by atoms with Crippen molar-refractivity contribution in [2.24, 2.45) is 5.41 Å². The molecule has 3 aliphatic carbocycles. The summed E-state index contributed by atoms with van der Waals surface area (Å²) in [5.74, 6) is 0.369. The molecular weight excluding hydrogens is 548 g/mol. The van der Waals surface area contributed by atoms with Crippen LogP contribution in [0.25, 0.3) is 21.5 Å². The molecule has 0 atom stereocenters. The lowest BCUT2D eigenvalue weighted by Gasteiger charge is -2.60. The number of hydrogen-bond acceptors (Lipinski definition) is 7. The topological polar surface area (TPSA) is 106 Å². The first-order chi connectivity index (χ1) is 19.2.